The fourth-order valence-corrected chi connectivity index (χ4v) is 3.87. The van der Waals surface area contributed by atoms with Gasteiger partial charge in [-0.1, -0.05) is 19.4 Å². The average Bonchev–Trinajstić information content (AvgIpc) is 2.84. The van der Waals surface area contributed by atoms with Crippen molar-refractivity contribution in [3.8, 4) is 0 Å². The highest BCUT2D eigenvalue weighted by atomic mass is 16.2. The van der Waals surface area contributed by atoms with Gasteiger partial charge < -0.3 is 10.2 Å². The number of ketones is 2. The van der Waals surface area contributed by atoms with Gasteiger partial charge in [0.15, 0.2) is 5.78 Å². The molecule has 1 amide bonds. The topological polar surface area (TPSA) is 66.5 Å². The molecule has 1 unspecified atom stereocenters. The molecule has 5 heteroatoms. The molecule has 1 saturated heterocycles. The number of carbonyl (C=O) groups excluding carboxylic acids is 3. The number of Topliss-reactive ketones (excluding diaryl/α,β-unsaturated/α-hetero) is 2. The van der Waals surface area contributed by atoms with E-state index in [0.717, 1.165) is 24.7 Å². The Hall–Kier alpha value is -2.17. The van der Waals surface area contributed by atoms with Crippen molar-refractivity contribution in [3.05, 3.63) is 29.8 Å². The maximum absolute atomic E-state index is 12.6. The van der Waals surface area contributed by atoms with Crippen LogP contribution in [0.2, 0.25) is 0 Å². The molecule has 1 aromatic carbocycles. The summed E-state index contributed by atoms with van der Waals surface area (Å²) in [4.78, 5) is 38.6. The summed E-state index contributed by atoms with van der Waals surface area (Å²) in [6, 6.07) is 7.09. The molecule has 0 bridgehead atoms. The summed E-state index contributed by atoms with van der Waals surface area (Å²) in [7, 11) is 0. The fourth-order valence-electron chi connectivity index (χ4n) is 3.87. The second kappa shape index (κ2) is 8.47. The van der Waals surface area contributed by atoms with Crippen molar-refractivity contribution >= 4 is 23.2 Å². The van der Waals surface area contributed by atoms with Gasteiger partial charge in [-0.2, -0.15) is 0 Å². The molecule has 0 spiro atoms. The fraction of sp³-hybridized carbons (Fsp3) is 0.571. The van der Waals surface area contributed by atoms with Crippen LogP contribution in [-0.4, -0.2) is 36.6 Å². The van der Waals surface area contributed by atoms with E-state index in [1.165, 1.54) is 19.3 Å². The highest BCUT2D eigenvalue weighted by Crippen LogP contribution is 2.25. The number of benzene rings is 1. The van der Waals surface area contributed by atoms with E-state index in [2.05, 4.69) is 17.1 Å². The standard InChI is InChI=1S/C21H28N2O3/c1-2-15-10-12-23(13-11-15)17-5-3-4-16(14-17)21(26)22-19-8-6-18(24)7-9-20(19)25/h3-5,14-15,19H,2,6-13H2,1H3,(H,22,26). The molecule has 2 fully saturated rings. The van der Waals surface area contributed by atoms with Crippen molar-refractivity contribution in [2.45, 2.75) is 57.9 Å². The molecule has 1 heterocycles. The lowest BCUT2D eigenvalue weighted by Gasteiger charge is -2.33. The molecule has 140 valence electrons. The van der Waals surface area contributed by atoms with Gasteiger partial charge in [0, 0.05) is 43.6 Å². The van der Waals surface area contributed by atoms with Crippen LogP contribution in [0.4, 0.5) is 5.69 Å². The van der Waals surface area contributed by atoms with Crippen LogP contribution in [0, 0.1) is 5.92 Å². The van der Waals surface area contributed by atoms with Crippen molar-refractivity contribution in [3.63, 3.8) is 0 Å². The third-order valence-corrected chi connectivity index (χ3v) is 5.72. The molecular weight excluding hydrogens is 328 g/mol. The Balaban J connectivity index is 1.65. The first-order valence-corrected chi connectivity index (χ1v) is 9.77. The van der Waals surface area contributed by atoms with Crippen LogP contribution in [-0.2, 0) is 9.59 Å². The average molecular weight is 356 g/mol. The van der Waals surface area contributed by atoms with Crippen LogP contribution in [0.3, 0.4) is 0 Å². The largest absolute Gasteiger partial charge is 0.371 e. The number of hydrogen-bond acceptors (Lipinski definition) is 4. The third-order valence-electron chi connectivity index (χ3n) is 5.72. The van der Waals surface area contributed by atoms with E-state index in [1.807, 2.05) is 18.2 Å². The molecule has 1 saturated carbocycles. The van der Waals surface area contributed by atoms with Crippen LogP contribution in [0.5, 0.6) is 0 Å². The molecule has 3 rings (SSSR count). The van der Waals surface area contributed by atoms with Crippen molar-refractivity contribution < 1.29 is 14.4 Å². The van der Waals surface area contributed by atoms with E-state index in [4.69, 9.17) is 0 Å². The number of nitrogens with one attached hydrogen (secondary N) is 1. The first-order valence-electron chi connectivity index (χ1n) is 9.77. The Kier molecular flexibility index (Phi) is 6.07. The van der Waals surface area contributed by atoms with Crippen molar-refractivity contribution in [1.29, 1.82) is 0 Å². The Morgan fingerprint density at radius 3 is 2.62 bits per heavy atom. The van der Waals surface area contributed by atoms with E-state index in [-0.39, 0.29) is 23.9 Å². The molecule has 1 aromatic rings. The maximum Gasteiger partial charge on any atom is 0.251 e. The van der Waals surface area contributed by atoms with E-state index < -0.39 is 6.04 Å². The second-order valence-electron chi connectivity index (χ2n) is 7.46. The molecule has 26 heavy (non-hydrogen) atoms. The molecular formula is C21H28N2O3. The van der Waals surface area contributed by atoms with Gasteiger partial charge in [-0.3, -0.25) is 14.4 Å². The summed E-state index contributed by atoms with van der Waals surface area (Å²) >= 11 is 0. The van der Waals surface area contributed by atoms with Crippen molar-refractivity contribution in [1.82, 2.24) is 5.32 Å². The van der Waals surface area contributed by atoms with Crippen LogP contribution in [0.1, 0.15) is 62.2 Å². The molecule has 0 aromatic heterocycles. The minimum Gasteiger partial charge on any atom is -0.371 e. The van der Waals surface area contributed by atoms with E-state index in [0.29, 0.717) is 24.8 Å². The number of nitrogens with zero attached hydrogens (tertiary/aromatic N) is 1. The van der Waals surface area contributed by atoms with Gasteiger partial charge in [-0.15, -0.1) is 0 Å². The van der Waals surface area contributed by atoms with Gasteiger partial charge >= 0.3 is 0 Å². The first-order chi connectivity index (χ1) is 12.6. The highest BCUT2D eigenvalue weighted by Gasteiger charge is 2.26. The van der Waals surface area contributed by atoms with Gasteiger partial charge in [0.25, 0.3) is 5.91 Å². The number of rotatable bonds is 4. The molecule has 1 N–H and O–H groups in total. The molecule has 5 nitrogen and oxygen atoms in total. The van der Waals surface area contributed by atoms with E-state index in [9.17, 15) is 14.4 Å². The Morgan fingerprint density at radius 1 is 1.12 bits per heavy atom. The Morgan fingerprint density at radius 2 is 1.88 bits per heavy atom. The molecule has 1 aliphatic heterocycles. The predicted molar refractivity (Wildman–Crippen MR) is 101 cm³/mol. The first kappa shape index (κ1) is 18.6. The number of anilines is 1. The number of piperidine rings is 1. The van der Waals surface area contributed by atoms with Crippen molar-refractivity contribution in [2.75, 3.05) is 18.0 Å². The predicted octanol–water partition coefficient (Wildman–Crippen LogP) is 3.12. The number of amides is 1. The van der Waals surface area contributed by atoms with Crippen LogP contribution >= 0.6 is 0 Å². The Bertz CT molecular complexity index is 678. The maximum atomic E-state index is 12.6. The van der Waals surface area contributed by atoms with Gasteiger partial charge in [0.05, 0.1) is 6.04 Å². The minimum absolute atomic E-state index is 0.0398. The van der Waals surface area contributed by atoms with Gasteiger partial charge in [-0.25, -0.2) is 0 Å². The zero-order valence-corrected chi connectivity index (χ0v) is 15.5. The summed E-state index contributed by atoms with van der Waals surface area (Å²) in [5.41, 5.74) is 1.64. The summed E-state index contributed by atoms with van der Waals surface area (Å²) in [5, 5.41) is 2.83. The molecule has 0 radical (unpaired) electrons. The van der Waals surface area contributed by atoms with Crippen LogP contribution in [0.25, 0.3) is 0 Å². The lowest BCUT2D eigenvalue weighted by atomic mass is 9.94. The summed E-state index contributed by atoms with van der Waals surface area (Å²) < 4.78 is 0. The smallest absolute Gasteiger partial charge is 0.251 e. The highest BCUT2D eigenvalue weighted by molar-refractivity contribution is 5.99. The number of hydrogen-bond donors (Lipinski definition) is 1. The SMILES string of the molecule is CCC1CCN(c2cccc(C(=O)NC3CCC(=O)CCC3=O)c2)CC1. The monoisotopic (exact) mass is 356 g/mol. The van der Waals surface area contributed by atoms with Crippen LogP contribution in [0.15, 0.2) is 24.3 Å². The van der Waals surface area contributed by atoms with Gasteiger partial charge in [0.1, 0.15) is 5.78 Å². The summed E-state index contributed by atoms with van der Waals surface area (Å²) in [5.74, 6) is 0.638. The number of carbonyl (C=O) groups is 3. The zero-order valence-electron chi connectivity index (χ0n) is 15.5. The normalized spacial score (nSPS) is 22.2. The summed E-state index contributed by atoms with van der Waals surface area (Å²) in [6.45, 7) is 4.28. The van der Waals surface area contributed by atoms with Crippen LogP contribution < -0.4 is 10.2 Å². The lowest BCUT2D eigenvalue weighted by Crippen LogP contribution is -2.40. The van der Waals surface area contributed by atoms with Gasteiger partial charge in [-0.05, 0) is 43.4 Å². The minimum atomic E-state index is -0.544. The van der Waals surface area contributed by atoms with E-state index >= 15 is 0 Å². The third kappa shape index (κ3) is 4.51. The lowest BCUT2D eigenvalue weighted by molar-refractivity contribution is -0.122. The van der Waals surface area contributed by atoms with Gasteiger partial charge in [0.2, 0.25) is 0 Å². The summed E-state index contributed by atoms with van der Waals surface area (Å²) in [6.07, 6.45) is 4.92. The molecule has 1 aliphatic carbocycles. The zero-order chi connectivity index (χ0) is 18.5. The second-order valence-corrected chi connectivity index (χ2v) is 7.46. The molecule has 1 atom stereocenters. The van der Waals surface area contributed by atoms with Crippen molar-refractivity contribution in [2.24, 2.45) is 5.92 Å². The van der Waals surface area contributed by atoms with E-state index in [1.54, 1.807) is 6.07 Å². The molecule has 2 aliphatic rings. The quantitative estimate of drug-likeness (QED) is 0.842. The Labute approximate surface area is 155 Å².